The number of anilines is 1. The third kappa shape index (κ3) is 6.93. The van der Waals surface area contributed by atoms with Gasteiger partial charge in [-0.3, -0.25) is 13.9 Å². The summed E-state index contributed by atoms with van der Waals surface area (Å²) in [5, 5.41) is 3.62. The Kier molecular flexibility index (Phi) is 10.3. The largest absolute Gasteiger partial charge is 0.355 e. The molecular formula is C26H25Cl4N3O4S. The molecule has 0 radical (unpaired) electrons. The minimum absolute atomic E-state index is 0.0312. The monoisotopic (exact) mass is 615 g/mol. The SMILES string of the molecule is CCNC(=O)C(C)N(Cc1c(Cl)cccc1Cl)C(=O)CN(c1ccc(Cl)c(Cl)c1)S(=O)(=O)c1ccccc1. The van der Waals surface area contributed by atoms with Crippen LogP contribution in [0.25, 0.3) is 0 Å². The standard InChI is InChI=1S/C26H25Cl4N3O4S/c1-3-31-26(35)17(2)32(15-20-21(27)10-7-11-22(20)28)25(34)16-33(18-12-13-23(29)24(30)14-18)38(36,37)19-8-5-4-6-9-19/h4-14,17H,3,15-16H2,1-2H3,(H,31,35). The summed E-state index contributed by atoms with van der Waals surface area (Å²) >= 11 is 25.0. The van der Waals surface area contributed by atoms with Gasteiger partial charge in [-0.15, -0.1) is 0 Å². The van der Waals surface area contributed by atoms with Gasteiger partial charge in [0.2, 0.25) is 11.8 Å². The lowest BCUT2D eigenvalue weighted by atomic mass is 10.1. The Morgan fingerprint density at radius 1 is 0.868 bits per heavy atom. The molecule has 1 N–H and O–H groups in total. The van der Waals surface area contributed by atoms with Crippen molar-refractivity contribution in [2.45, 2.75) is 31.3 Å². The van der Waals surface area contributed by atoms with Crippen molar-refractivity contribution < 1.29 is 18.0 Å². The molecule has 1 unspecified atom stereocenters. The van der Waals surface area contributed by atoms with Gasteiger partial charge in [-0.1, -0.05) is 70.7 Å². The fraction of sp³-hybridized carbons (Fsp3) is 0.231. The average Bonchev–Trinajstić information content (AvgIpc) is 2.89. The average molecular weight is 617 g/mol. The third-order valence-electron chi connectivity index (χ3n) is 5.71. The molecule has 0 heterocycles. The van der Waals surface area contributed by atoms with Crippen LogP contribution in [0.4, 0.5) is 5.69 Å². The predicted molar refractivity (Wildman–Crippen MR) is 153 cm³/mol. The highest BCUT2D eigenvalue weighted by Gasteiger charge is 2.33. The van der Waals surface area contributed by atoms with E-state index < -0.39 is 34.4 Å². The van der Waals surface area contributed by atoms with Crippen LogP contribution in [-0.4, -0.2) is 44.3 Å². The molecule has 202 valence electrons. The number of sulfonamides is 1. The summed E-state index contributed by atoms with van der Waals surface area (Å²) in [5.41, 5.74) is 0.547. The lowest BCUT2D eigenvalue weighted by Crippen LogP contribution is -2.51. The molecule has 38 heavy (non-hydrogen) atoms. The summed E-state index contributed by atoms with van der Waals surface area (Å²) in [4.78, 5) is 27.8. The van der Waals surface area contributed by atoms with Crippen molar-refractivity contribution in [1.29, 1.82) is 0 Å². The number of nitrogens with zero attached hydrogens (tertiary/aromatic N) is 2. The predicted octanol–water partition coefficient (Wildman–Crippen LogP) is 6.05. The maximum Gasteiger partial charge on any atom is 0.264 e. The molecule has 0 fully saturated rings. The molecule has 0 bridgehead atoms. The number of rotatable bonds is 10. The van der Waals surface area contributed by atoms with Gasteiger partial charge < -0.3 is 10.2 Å². The normalized spacial score (nSPS) is 12.1. The van der Waals surface area contributed by atoms with Crippen LogP contribution >= 0.6 is 46.4 Å². The van der Waals surface area contributed by atoms with E-state index in [0.29, 0.717) is 22.2 Å². The summed E-state index contributed by atoms with van der Waals surface area (Å²) < 4.78 is 28.4. The van der Waals surface area contributed by atoms with Crippen molar-refractivity contribution in [1.82, 2.24) is 10.2 Å². The molecule has 7 nitrogen and oxygen atoms in total. The number of halogens is 4. The Hall–Kier alpha value is -2.49. The van der Waals surface area contributed by atoms with Crippen LogP contribution in [0.5, 0.6) is 0 Å². The Morgan fingerprint density at radius 3 is 2.08 bits per heavy atom. The summed E-state index contributed by atoms with van der Waals surface area (Å²) in [6, 6.07) is 15.8. The second-order valence-electron chi connectivity index (χ2n) is 8.22. The van der Waals surface area contributed by atoms with Gasteiger partial charge >= 0.3 is 0 Å². The van der Waals surface area contributed by atoms with Crippen molar-refractivity contribution in [3.8, 4) is 0 Å². The van der Waals surface area contributed by atoms with Crippen LogP contribution in [0, 0.1) is 0 Å². The zero-order valence-corrected chi connectivity index (χ0v) is 24.3. The molecule has 0 aliphatic heterocycles. The van der Waals surface area contributed by atoms with Crippen molar-refractivity contribution in [3.63, 3.8) is 0 Å². The smallest absolute Gasteiger partial charge is 0.264 e. The molecule has 3 rings (SSSR count). The maximum absolute atomic E-state index is 13.8. The molecular weight excluding hydrogens is 592 g/mol. The number of likely N-dealkylation sites (N-methyl/N-ethyl adjacent to an activating group) is 1. The van der Waals surface area contributed by atoms with E-state index in [9.17, 15) is 18.0 Å². The van der Waals surface area contributed by atoms with Gasteiger partial charge in [-0.25, -0.2) is 8.42 Å². The number of hydrogen-bond acceptors (Lipinski definition) is 4. The summed E-state index contributed by atoms with van der Waals surface area (Å²) in [5.74, 6) is -1.08. The van der Waals surface area contributed by atoms with Gasteiger partial charge in [-0.05, 0) is 56.3 Å². The highest BCUT2D eigenvalue weighted by atomic mass is 35.5. The van der Waals surface area contributed by atoms with Crippen molar-refractivity contribution in [2.24, 2.45) is 0 Å². The van der Waals surface area contributed by atoms with Gasteiger partial charge in [0.25, 0.3) is 10.0 Å². The zero-order chi connectivity index (χ0) is 28.0. The lowest BCUT2D eigenvalue weighted by Gasteiger charge is -2.32. The molecule has 12 heteroatoms. The quantitative estimate of drug-likeness (QED) is 0.300. The summed E-state index contributed by atoms with van der Waals surface area (Å²) in [6.45, 7) is 2.87. The number of hydrogen-bond donors (Lipinski definition) is 1. The molecule has 2 amide bonds. The van der Waals surface area contributed by atoms with Crippen LogP contribution in [0.1, 0.15) is 19.4 Å². The van der Waals surface area contributed by atoms with Gasteiger partial charge in [-0.2, -0.15) is 0 Å². The van der Waals surface area contributed by atoms with Crippen molar-refractivity contribution in [3.05, 3.63) is 92.4 Å². The molecule has 0 aromatic heterocycles. The molecule has 0 aliphatic rings. The highest BCUT2D eigenvalue weighted by molar-refractivity contribution is 7.92. The number of benzene rings is 3. The van der Waals surface area contributed by atoms with Crippen LogP contribution < -0.4 is 9.62 Å². The molecule has 3 aromatic rings. The summed E-state index contributed by atoms with van der Waals surface area (Å²) in [7, 11) is -4.23. The fourth-order valence-corrected chi connectivity index (χ4v) is 5.88. The van der Waals surface area contributed by atoms with Crippen molar-refractivity contribution in [2.75, 3.05) is 17.4 Å². The molecule has 1 atom stereocenters. The highest BCUT2D eigenvalue weighted by Crippen LogP contribution is 2.31. The van der Waals surface area contributed by atoms with Crippen LogP contribution in [0.2, 0.25) is 20.1 Å². The number of carbonyl (C=O) groups is 2. The molecule has 0 saturated carbocycles. The van der Waals surface area contributed by atoms with E-state index >= 15 is 0 Å². The Bertz CT molecular complexity index is 1400. The first-order valence-electron chi connectivity index (χ1n) is 11.5. The molecule has 0 aliphatic carbocycles. The van der Waals surface area contributed by atoms with E-state index in [2.05, 4.69) is 5.32 Å². The van der Waals surface area contributed by atoms with Crippen LogP contribution in [0.3, 0.4) is 0 Å². The van der Waals surface area contributed by atoms with Crippen molar-refractivity contribution >= 4 is 73.9 Å². The van der Waals surface area contributed by atoms with E-state index in [1.165, 1.54) is 35.2 Å². The van der Waals surface area contributed by atoms with E-state index in [-0.39, 0.29) is 27.2 Å². The minimum atomic E-state index is -4.23. The topological polar surface area (TPSA) is 86.8 Å². The second-order valence-corrected chi connectivity index (χ2v) is 11.7. The van der Waals surface area contributed by atoms with Crippen LogP contribution in [0.15, 0.2) is 71.6 Å². The van der Waals surface area contributed by atoms with Gasteiger partial charge in [0, 0.05) is 28.7 Å². The van der Waals surface area contributed by atoms with E-state index in [1.807, 2.05) is 0 Å². The number of nitrogens with one attached hydrogen (secondary N) is 1. The van der Waals surface area contributed by atoms with Crippen LogP contribution in [-0.2, 0) is 26.2 Å². The number of carbonyl (C=O) groups excluding carboxylic acids is 2. The van der Waals surface area contributed by atoms with E-state index in [0.717, 1.165) is 4.31 Å². The van der Waals surface area contributed by atoms with Gasteiger partial charge in [0.15, 0.2) is 0 Å². The Balaban J connectivity index is 2.08. The molecule has 3 aromatic carbocycles. The first-order chi connectivity index (χ1) is 18.0. The molecule has 0 saturated heterocycles. The Morgan fingerprint density at radius 2 is 1.50 bits per heavy atom. The third-order valence-corrected chi connectivity index (χ3v) is 8.95. The van der Waals surface area contributed by atoms with Gasteiger partial charge in [0.1, 0.15) is 12.6 Å². The first-order valence-corrected chi connectivity index (χ1v) is 14.5. The maximum atomic E-state index is 13.8. The first kappa shape index (κ1) is 30.1. The minimum Gasteiger partial charge on any atom is -0.355 e. The second kappa shape index (κ2) is 13.0. The van der Waals surface area contributed by atoms with E-state index in [4.69, 9.17) is 46.4 Å². The lowest BCUT2D eigenvalue weighted by molar-refractivity contribution is -0.139. The zero-order valence-electron chi connectivity index (χ0n) is 20.5. The molecule has 0 spiro atoms. The fourth-order valence-electron chi connectivity index (χ4n) is 3.65. The summed E-state index contributed by atoms with van der Waals surface area (Å²) in [6.07, 6.45) is 0. The van der Waals surface area contributed by atoms with Gasteiger partial charge in [0.05, 0.1) is 20.6 Å². The Labute approximate surface area is 242 Å². The number of amides is 2. The van der Waals surface area contributed by atoms with E-state index in [1.54, 1.807) is 50.2 Å².